The summed E-state index contributed by atoms with van der Waals surface area (Å²) in [5.41, 5.74) is 6.06. The lowest BCUT2D eigenvalue weighted by atomic mass is 10.1. The molecule has 0 radical (unpaired) electrons. The molecule has 1 saturated heterocycles. The number of aromatic nitrogens is 3. The zero-order valence-electron chi connectivity index (χ0n) is 12.3. The van der Waals surface area contributed by atoms with Crippen LogP contribution in [0.3, 0.4) is 0 Å². The maximum absolute atomic E-state index is 5.42. The molecule has 1 fully saturated rings. The molecule has 0 bridgehead atoms. The molecule has 1 aliphatic heterocycles. The maximum Gasteiger partial charge on any atom is 0.101 e. The molecule has 0 unspecified atom stereocenters. The summed E-state index contributed by atoms with van der Waals surface area (Å²) in [5, 5.41) is 1.26. The van der Waals surface area contributed by atoms with Crippen LogP contribution < -0.4 is 4.90 Å². The van der Waals surface area contributed by atoms with E-state index in [0.717, 1.165) is 43.8 Å². The van der Waals surface area contributed by atoms with Gasteiger partial charge in [0, 0.05) is 23.0 Å². The average Bonchev–Trinajstić information content (AvgIpc) is 3.10. The number of hydrogen-bond donors (Lipinski definition) is 3. The lowest BCUT2D eigenvalue weighted by Crippen LogP contribution is -3.14. The highest BCUT2D eigenvalue weighted by molar-refractivity contribution is 6.05. The summed E-state index contributed by atoms with van der Waals surface area (Å²) in [4.78, 5) is 12.9. The minimum atomic E-state index is 0.898. The third-order valence-electron chi connectivity index (χ3n) is 4.63. The van der Waals surface area contributed by atoms with Crippen molar-refractivity contribution in [1.29, 1.82) is 0 Å². The Kier molecular flexibility index (Phi) is 3.16. The predicted octanol–water partition coefficient (Wildman–Crippen LogP) is 0.810. The SMILES string of the molecule is Cc1c(CC[NH+]2CCOCC2)[nH]c2ccc3[nH]cnc3c12. The van der Waals surface area contributed by atoms with Crippen LogP contribution in [0.5, 0.6) is 0 Å². The van der Waals surface area contributed by atoms with Crippen LogP contribution in [0.25, 0.3) is 21.9 Å². The topological polar surface area (TPSA) is 58.1 Å². The van der Waals surface area contributed by atoms with Gasteiger partial charge >= 0.3 is 0 Å². The minimum Gasteiger partial charge on any atom is -0.370 e. The number of aromatic amines is 2. The molecule has 5 heteroatoms. The largest absolute Gasteiger partial charge is 0.370 e. The lowest BCUT2D eigenvalue weighted by Gasteiger charge is -2.23. The molecule has 1 aliphatic rings. The number of hydrogen-bond acceptors (Lipinski definition) is 2. The molecule has 3 heterocycles. The Morgan fingerprint density at radius 3 is 2.90 bits per heavy atom. The summed E-state index contributed by atoms with van der Waals surface area (Å²) in [6, 6.07) is 4.24. The standard InChI is InChI=1S/C16H20N4O/c1-11-12(4-5-20-6-8-21-9-7-20)19-13-2-3-14-16(15(11)13)18-10-17-14/h2-3,10,19H,4-9H2,1H3,(H,17,18)/p+1. The normalized spacial score (nSPS) is 17.0. The third kappa shape index (κ3) is 2.22. The molecule has 5 nitrogen and oxygen atoms in total. The van der Waals surface area contributed by atoms with Gasteiger partial charge in [-0.25, -0.2) is 4.98 Å². The third-order valence-corrected chi connectivity index (χ3v) is 4.63. The second-order valence-electron chi connectivity index (χ2n) is 5.88. The van der Waals surface area contributed by atoms with Crippen LogP contribution in [0.4, 0.5) is 0 Å². The summed E-state index contributed by atoms with van der Waals surface area (Å²) in [7, 11) is 0. The molecule has 3 aromatic rings. The van der Waals surface area contributed by atoms with Crippen LogP contribution in [0, 0.1) is 6.92 Å². The van der Waals surface area contributed by atoms with Gasteiger partial charge in [0.05, 0.1) is 37.1 Å². The van der Waals surface area contributed by atoms with Crippen molar-refractivity contribution >= 4 is 21.9 Å². The van der Waals surface area contributed by atoms with E-state index >= 15 is 0 Å². The van der Waals surface area contributed by atoms with Gasteiger partial charge in [0.2, 0.25) is 0 Å². The fourth-order valence-corrected chi connectivity index (χ4v) is 3.36. The molecule has 0 spiro atoms. The number of nitrogens with zero attached hydrogens (tertiary/aromatic N) is 1. The van der Waals surface area contributed by atoms with Crippen molar-refractivity contribution < 1.29 is 9.64 Å². The number of imidazole rings is 1. The summed E-state index contributed by atoms with van der Waals surface area (Å²) in [6.07, 6.45) is 2.86. The average molecular weight is 285 g/mol. The number of H-pyrrole nitrogens is 2. The summed E-state index contributed by atoms with van der Waals surface area (Å²) < 4.78 is 5.42. The first-order valence-corrected chi connectivity index (χ1v) is 7.67. The van der Waals surface area contributed by atoms with Crippen molar-refractivity contribution in [1.82, 2.24) is 15.0 Å². The minimum absolute atomic E-state index is 0.898. The Hall–Kier alpha value is -1.85. The van der Waals surface area contributed by atoms with Gasteiger partial charge in [0.1, 0.15) is 13.1 Å². The van der Waals surface area contributed by atoms with E-state index in [9.17, 15) is 0 Å². The molecule has 21 heavy (non-hydrogen) atoms. The van der Waals surface area contributed by atoms with Gasteiger partial charge in [-0.15, -0.1) is 0 Å². The quantitative estimate of drug-likeness (QED) is 0.667. The molecule has 3 N–H and O–H groups in total. The van der Waals surface area contributed by atoms with Gasteiger partial charge in [0.15, 0.2) is 0 Å². The molecular weight excluding hydrogens is 264 g/mol. The number of fused-ring (bicyclic) bond motifs is 3. The number of aryl methyl sites for hydroxylation is 1. The van der Waals surface area contributed by atoms with Crippen LogP contribution in [-0.2, 0) is 11.2 Å². The van der Waals surface area contributed by atoms with Gasteiger partial charge in [0.25, 0.3) is 0 Å². The number of rotatable bonds is 3. The van der Waals surface area contributed by atoms with Crippen molar-refractivity contribution in [3.8, 4) is 0 Å². The van der Waals surface area contributed by atoms with E-state index < -0.39 is 0 Å². The summed E-state index contributed by atoms with van der Waals surface area (Å²) in [5.74, 6) is 0. The van der Waals surface area contributed by atoms with E-state index in [1.165, 1.54) is 28.7 Å². The van der Waals surface area contributed by atoms with Crippen molar-refractivity contribution in [3.05, 3.63) is 29.7 Å². The number of benzene rings is 1. The molecule has 4 rings (SSSR count). The van der Waals surface area contributed by atoms with Crippen LogP contribution in [0.15, 0.2) is 18.5 Å². The summed E-state index contributed by atoms with van der Waals surface area (Å²) in [6.45, 7) is 7.42. The number of ether oxygens (including phenoxy) is 1. The first-order valence-electron chi connectivity index (χ1n) is 7.67. The van der Waals surface area contributed by atoms with Crippen molar-refractivity contribution in [2.75, 3.05) is 32.8 Å². The van der Waals surface area contributed by atoms with E-state index in [1.54, 1.807) is 11.2 Å². The van der Waals surface area contributed by atoms with Gasteiger partial charge in [-0.3, -0.25) is 0 Å². The van der Waals surface area contributed by atoms with Crippen molar-refractivity contribution in [3.63, 3.8) is 0 Å². The van der Waals surface area contributed by atoms with E-state index in [1.807, 2.05) is 0 Å². The van der Waals surface area contributed by atoms with Gasteiger partial charge in [-0.1, -0.05) is 0 Å². The Labute approximate surface area is 123 Å². The predicted molar refractivity (Wildman–Crippen MR) is 82.8 cm³/mol. The van der Waals surface area contributed by atoms with Gasteiger partial charge < -0.3 is 19.6 Å². The van der Waals surface area contributed by atoms with Crippen molar-refractivity contribution in [2.45, 2.75) is 13.3 Å². The number of morpholine rings is 1. The van der Waals surface area contributed by atoms with Gasteiger partial charge in [-0.2, -0.15) is 0 Å². The number of quaternary nitrogens is 1. The first kappa shape index (κ1) is 12.9. The lowest BCUT2D eigenvalue weighted by molar-refractivity contribution is -0.907. The molecule has 0 aliphatic carbocycles. The fraction of sp³-hybridized carbons (Fsp3) is 0.438. The van der Waals surface area contributed by atoms with E-state index in [2.05, 4.69) is 34.0 Å². The van der Waals surface area contributed by atoms with Crippen LogP contribution in [0.2, 0.25) is 0 Å². The molecule has 0 saturated carbocycles. The highest BCUT2D eigenvalue weighted by Gasteiger charge is 2.16. The highest BCUT2D eigenvalue weighted by atomic mass is 16.5. The Balaban J connectivity index is 1.64. The smallest absolute Gasteiger partial charge is 0.101 e. The Morgan fingerprint density at radius 1 is 1.24 bits per heavy atom. The van der Waals surface area contributed by atoms with E-state index in [-0.39, 0.29) is 0 Å². The van der Waals surface area contributed by atoms with Crippen LogP contribution in [0.1, 0.15) is 11.3 Å². The zero-order chi connectivity index (χ0) is 14.2. The summed E-state index contributed by atoms with van der Waals surface area (Å²) >= 11 is 0. The van der Waals surface area contributed by atoms with Crippen LogP contribution in [-0.4, -0.2) is 47.8 Å². The van der Waals surface area contributed by atoms with Crippen molar-refractivity contribution in [2.24, 2.45) is 0 Å². The van der Waals surface area contributed by atoms with Crippen LogP contribution >= 0.6 is 0 Å². The fourth-order valence-electron chi connectivity index (χ4n) is 3.36. The first-order chi connectivity index (χ1) is 10.3. The van der Waals surface area contributed by atoms with Gasteiger partial charge in [-0.05, 0) is 24.6 Å². The second kappa shape index (κ2) is 5.16. The van der Waals surface area contributed by atoms with E-state index in [4.69, 9.17) is 4.74 Å². The zero-order valence-corrected chi connectivity index (χ0v) is 12.3. The molecule has 0 amide bonds. The monoisotopic (exact) mass is 285 g/mol. The molecular formula is C16H21N4O+. The number of nitrogens with one attached hydrogen (secondary N) is 3. The Bertz CT molecular complexity index is 767. The molecule has 110 valence electrons. The Morgan fingerprint density at radius 2 is 2.05 bits per heavy atom. The van der Waals surface area contributed by atoms with E-state index in [0.29, 0.717) is 0 Å². The molecule has 2 aromatic heterocycles. The maximum atomic E-state index is 5.42. The molecule has 1 aromatic carbocycles. The second-order valence-corrected chi connectivity index (χ2v) is 5.88. The highest BCUT2D eigenvalue weighted by Crippen LogP contribution is 2.28. The molecule has 0 atom stereocenters.